The molecular formula is C17H34N2O2. The number of nitrogens with two attached hydrogens (primary N) is 1. The summed E-state index contributed by atoms with van der Waals surface area (Å²) in [7, 11) is 0. The van der Waals surface area contributed by atoms with E-state index in [1.165, 1.54) is 0 Å². The SMILES string of the molecule is CCC(CCN)CCC(=O)NCC1(O)CCC(C)(C)CC1. The molecule has 0 aromatic carbocycles. The first-order valence-electron chi connectivity index (χ1n) is 8.49. The Labute approximate surface area is 129 Å². The predicted octanol–water partition coefficient (Wildman–Crippen LogP) is 2.59. The van der Waals surface area contributed by atoms with Crippen molar-refractivity contribution in [2.24, 2.45) is 17.1 Å². The molecule has 0 aromatic rings. The van der Waals surface area contributed by atoms with Crippen LogP contribution in [0, 0.1) is 11.3 Å². The van der Waals surface area contributed by atoms with Gasteiger partial charge in [0, 0.05) is 13.0 Å². The van der Waals surface area contributed by atoms with Gasteiger partial charge in [0.05, 0.1) is 5.60 Å². The number of nitrogens with one attached hydrogen (secondary N) is 1. The summed E-state index contributed by atoms with van der Waals surface area (Å²) in [4.78, 5) is 11.9. The van der Waals surface area contributed by atoms with Gasteiger partial charge in [-0.3, -0.25) is 4.79 Å². The highest BCUT2D eigenvalue weighted by Crippen LogP contribution is 2.39. The van der Waals surface area contributed by atoms with Crippen LogP contribution in [0.3, 0.4) is 0 Å². The van der Waals surface area contributed by atoms with Crippen molar-refractivity contribution >= 4 is 5.91 Å². The lowest BCUT2D eigenvalue weighted by Crippen LogP contribution is -2.46. The fraction of sp³-hybridized carbons (Fsp3) is 0.941. The van der Waals surface area contributed by atoms with E-state index in [2.05, 4.69) is 26.1 Å². The number of carbonyl (C=O) groups is 1. The molecule has 1 atom stereocenters. The molecule has 0 spiro atoms. The Morgan fingerprint density at radius 3 is 2.38 bits per heavy atom. The van der Waals surface area contributed by atoms with Crippen LogP contribution in [0.2, 0.25) is 0 Å². The Bertz CT molecular complexity index is 319. The van der Waals surface area contributed by atoms with Crippen LogP contribution in [-0.4, -0.2) is 29.7 Å². The summed E-state index contributed by atoms with van der Waals surface area (Å²) in [6, 6.07) is 0. The van der Waals surface area contributed by atoms with Gasteiger partial charge in [0.15, 0.2) is 0 Å². The van der Waals surface area contributed by atoms with Crippen molar-refractivity contribution in [3.8, 4) is 0 Å². The van der Waals surface area contributed by atoms with E-state index in [1.54, 1.807) is 0 Å². The van der Waals surface area contributed by atoms with Gasteiger partial charge in [-0.15, -0.1) is 0 Å². The van der Waals surface area contributed by atoms with Gasteiger partial charge in [-0.2, -0.15) is 0 Å². The molecule has 124 valence electrons. The Kier molecular flexibility index (Phi) is 7.14. The Balaban J connectivity index is 2.26. The first-order valence-corrected chi connectivity index (χ1v) is 8.49. The van der Waals surface area contributed by atoms with Gasteiger partial charge in [0.2, 0.25) is 5.91 Å². The highest BCUT2D eigenvalue weighted by molar-refractivity contribution is 5.75. The number of aliphatic hydroxyl groups is 1. The minimum Gasteiger partial charge on any atom is -0.388 e. The summed E-state index contributed by atoms with van der Waals surface area (Å²) >= 11 is 0. The summed E-state index contributed by atoms with van der Waals surface area (Å²) in [5.74, 6) is 0.600. The van der Waals surface area contributed by atoms with Gasteiger partial charge >= 0.3 is 0 Å². The lowest BCUT2D eigenvalue weighted by atomic mass is 9.71. The molecular weight excluding hydrogens is 264 g/mol. The molecule has 0 aliphatic heterocycles. The number of hydrogen-bond donors (Lipinski definition) is 3. The summed E-state index contributed by atoms with van der Waals surface area (Å²) < 4.78 is 0. The first kappa shape index (κ1) is 18.4. The number of rotatable bonds is 8. The van der Waals surface area contributed by atoms with Crippen LogP contribution >= 0.6 is 0 Å². The van der Waals surface area contributed by atoms with Crippen molar-refractivity contribution in [3.63, 3.8) is 0 Å². The van der Waals surface area contributed by atoms with E-state index in [9.17, 15) is 9.90 Å². The molecule has 1 aliphatic carbocycles. The van der Waals surface area contributed by atoms with E-state index in [4.69, 9.17) is 5.73 Å². The molecule has 0 saturated heterocycles. The molecule has 1 amide bonds. The van der Waals surface area contributed by atoms with E-state index < -0.39 is 5.60 Å². The van der Waals surface area contributed by atoms with E-state index in [-0.39, 0.29) is 5.91 Å². The minimum atomic E-state index is -0.702. The van der Waals surface area contributed by atoms with E-state index in [1.807, 2.05) is 0 Å². The second-order valence-electron chi connectivity index (χ2n) is 7.56. The topological polar surface area (TPSA) is 75.4 Å². The number of carbonyl (C=O) groups excluding carboxylic acids is 1. The van der Waals surface area contributed by atoms with Crippen LogP contribution in [-0.2, 0) is 4.79 Å². The third-order valence-corrected chi connectivity index (χ3v) is 5.08. The zero-order chi connectivity index (χ0) is 15.9. The van der Waals surface area contributed by atoms with E-state index in [0.717, 1.165) is 44.9 Å². The molecule has 1 unspecified atom stereocenters. The maximum Gasteiger partial charge on any atom is 0.220 e. The maximum absolute atomic E-state index is 11.9. The molecule has 1 rings (SSSR count). The molecule has 4 nitrogen and oxygen atoms in total. The standard InChI is InChI=1S/C17H34N2O2/c1-4-14(7-12-18)5-6-15(20)19-13-17(21)10-8-16(2,3)9-11-17/h14,21H,4-13,18H2,1-3H3,(H,19,20). The predicted molar refractivity (Wildman–Crippen MR) is 86.9 cm³/mol. The molecule has 0 heterocycles. The molecule has 4 heteroatoms. The highest BCUT2D eigenvalue weighted by atomic mass is 16.3. The summed E-state index contributed by atoms with van der Waals surface area (Å²) in [6.07, 6.45) is 7.11. The molecule has 0 aromatic heterocycles. The van der Waals surface area contributed by atoms with Crippen molar-refractivity contribution in [1.29, 1.82) is 0 Å². The van der Waals surface area contributed by atoms with Crippen LogP contribution in [0.15, 0.2) is 0 Å². The van der Waals surface area contributed by atoms with Crippen molar-refractivity contribution < 1.29 is 9.90 Å². The van der Waals surface area contributed by atoms with E-state index >= 15 is 0 Å². The van der Waals surface area contributed by atoms with Gasteiger partial charge in [-0.25, -0.2) is 0 Å². The van der Waals surface area contributed by atoms with Gasteiger partial charge < -0.3 is 16.2 Å². The zero-order valence-corrected chi connectivity index (χ0v) is 14.1. The third-order valence-electron chi connectivity index (χ3n) is 5.08. The summed E-state index contributed by atoms with van der Waals surface area (Å²) in [6.45, 7) is 7.72. The molecule has 21 heavy (non-hydrogen) atoms. The molecule has 4 N–H and O–H groups in total. The van der Waals surface area contributed by atoms with Crippen molar-refractivity contribution in [1.82, 2.24) is 5.32 Å². The number of amides is 1. The first-order chi connectivity index (χ1) is 9.80. The van der Waals surface area contributed by atoms with Crippen LogP contribution in [0.25, 0.3) is 0 Å². The van der Waals surface area contributed by atoms with Crippen molar-refractivity contribution in [2.75, 3.05) is 13.1 Å². The van der Waals surface area contributed by atoms with Crippen LogP contribution in [0.4, 0.5) is 0 Å². The Morgan fingerprint density at radius 1 is 1.24 bits per heavy atom. The summed E-state index contributed by atoms with van der Waals surface area (Å²) in [5.41, 5.74) is 5.20. The number of hydrogen-bond acceptors (Lipinski definition) is 3. The molecule has 0 radical (unpaired) electrons. The average molecular weight is 298 g/mol. The van der Waals surface area contributed by atoms with E-state index in [0.29, 0.717) is 30.8 Å². The molecule has 1 aliphatic rings. The van der Waals surface area contributed by atoms with Crippen LogP contribution in [0.5, 0.6) is 0 Å². The smallest absolute Gasteiger partial charge is 0.220 e. The van der Waals surface area contributed by atoms with Gasteiger partial charge in [0.25, 0.3) is 0 Å². The average Bonchev–Trinajstić information content (AvgIpc) is 2.45. The molecule has 1 saturated carbocycles. The normalized spacial score (nSPS) is 21.8. The zero-order valence-electron chi connectivity index (χ0n) is 14.1. The van der Waals surface area contributed by atoms with Crippen LogP contribution in [0.1, 0.15) is 72.1 Å². The highest BCUT2D eigenvalue weighted by Gasteiger charge is 2.36. The van der Waals surface area contributed by atoms with Gasteiger partial charge in [0.1, 0.15) is 0 Å². The molecule has 1 fully saturated rings. The fourth-order valence-electron chi connectivity index (χ4n) is 3.04. The van der Waals surface area contributed by atoms with Crippen LogP contribution < -0.4 is 11.1 Å². The monoisotopic (exact) mass is 298 g/mol. The second kappa shape index (κ2) is 8.14. The maximum atomic E-state index is 11.9. The summed E-state index contributed by atoms with van der Waals surface area (Å²) in [5, 5.41) is 13.5. The largest absolute Gasteiger partial charge is 0.388 e. The van der Waals surface area contributed by atoms with Gasteiger partial charge in [-0.05, 0) is 56.4 Å². The lowest BCUT2D eigenvalue weighted by molar-refractivity contribution is -0.123. The Morgan fingerprint density at radius 2 is 1.86 bits per heavy atom. The fourth-order valence-corrected chi connectivity index (χ4v) is 3.04. The molecule has 0 bridgehead atoms. The van der Waals surface area contributed by atoms with Crippen molar-refractivity contribution in [3.05, 3.63) is 0 Å². The quantitative estimate of drug-likeness (QED) is 0.644. The minimum absolute atomic E-state index is 0.0590. The Hall–Kier alpha value is -0.610. The third kappa shape index (κ3) is 6.79. The van der Waals surface area contributed by atoms with Crippen molar-refractivity contribution in [2.45, 2.75) is 77.7 Å². The second-order valence-corrected chi connectivity index (χ2v) is 7.56. The lowest BCUT2D eigenvalue weighted by Gasteiger charge is -2.40. The van der Waals surface area contributed by atoms with Gasteiger partial charge in [-0.1, -0.05) is 27.2 Å².